The first kappa shape index (κ1) is 15.4. The molecule has 0 aliphatic carbocycles. The molecule has 0 saturated carbocycles. The summed E-state index contributed by atoms with van der Waals surface area (Å²) < 4.78 is 38.2. The minimum Gasteiger partial charge on any atom is -0.395 e. The number of rotatable bonds is 6. The molecule has 1 aromatic rings. The van der Waals surface area contributed by atoms with Crippen molar-refractivity contribution < 1.29 is 18.3 Å². The second-order valence-corrected chi connectivity index (χ2v) is 5.08. The third kappa shape index (κ3) is 4.20. The highest BCUT2D eigenvalue weighted by atomic mass is 32.1. The Morgan fingerprint density at radius 2 is 2.06 bits per heavy atom. The first-order valence-electron chi connectivity index (χ1n) is 5.45. The second kappa shape index (κ2) is 6.46. The van der Waals surface area contributed by atoms with Crippen LogP contribution in [0.15, 0.2) is 0 Å². The van der Waals surface area contributed by atoms with Gasteiger partial charge >= 0.3 is 6.18 Å². The molecular formula is C10H16F3N3OS. The lowest BCUT2D eigenvalue weighted by atomic mass is 10.3. The number of hydrogen-bond acceptors (Lipinski definition) is 5. The van der Waals surface area contributed by atoms with E-state index in [2.05, 4.69) is 4.98 Å². The Hall–Kier alpha value is -0.700. The smallest absolute Gasteiger partial charge is 0.395 e. The van der Waals surface area contributed by atoms with Gasteiger partial charge in [0, 0.05) is 26.2 Å². The van der Waals surface area contributed by atoms with Crippen LogP contribution in [0, 0.1) is 6.92 Å². The van der Waals surface area contributed by atoms with E-state index in [1.807, 2.05) is 0 Å². The Kier molecular flexibility index (Phi) is 5.51. The zero-order chi connectivity index (χ0) is 13.8. The van der Waals surface area contributed by atoms with Crippen LogP contribution < -0.4 is 5.73 Å². The first-order chi connectivity index (χ1) is 8.38. The highest BCUT2D eigenvalue weighted by Crippen LogP contribution is 2.34. The zero-order valence-electron chi connectivity index (χ0n) is 10.00. The van der Waals surface area contributed by atoms with E-state index in [1.165, 1.54) is 0 Å². The maximum atomic E-state index is 12.7. The van der Waals surface area contributed by atoms with Crippen LogP contribution in [-0.2, 0) is 12.7 Å². The van der Waals surface area contributed by atoms with E-state index < -0.39 is 11.9 Å². The Morgan fingerprint density at radius 3 is 2.56 bits per heavy atom. The largest absolute Gasteiger partial charge is 0.434 e. The fourth-order valence-electron chi connectivity index (χ4n) is 1.59. The lowest BCUT2D eigenvalue weighted by Crippen LogP contribution is -2.32. The molecular weight excluding hydrogens is 267 g/mol. The molecule has 0 aliphatic rings. The molecule has 1 rings (SSSR count). The number of nitrogens with two attached hydrogens (primary N) is 1. The van der Waals surface area contributed by atoms with E-state index in [0.29, 0.717) is 24.6 Å². The standard InChI is InChI=1S/C10H16F3N3OS/c1-7-15-9(10(11,12)13)8(18-7)6-16(3-2-14)4-5-17/h17H,2-6,14H2,1H3. The zero-order valence-corrected chi connectivity index (χ0v) is 10.8. The summed E-state index contributed by atoms with van der Waals surface area (Å²) >= 11 is 1.03. The molecule has 0 unspecified atom stereocenters. The van der Waals surface area contributed by atoms with Gasteiger partial charge < -0.3 is 10.8 Å². The summed E-state index contributed by atoms with van der Waals surface area (Å²) in [6.45, 7) is 2.61. The van der Waals surface area contributed by atoms with Crippen LogP contribution in [0.3, 0.4) is 0 Å². The third-order valence-corrected chi connectivity index (χ3v) is 3.26. The van der Waals surface area contributed by atoms with E-state index in [9.17, 15) is 13.2 Å². The van der Waals surface area contributed by atoms with Gasteiger partial charge in [-0.25, -0.2) is 4.98 Å². The van der Waals surface area contributed by atoms with Crippen molar-refractivity contribution in [3.8, 4) is 0 Å². The summed E-state index contributed by atoms with van der Waals surface area (Å²) in [5.74, 6) is 0. The number of aryl methyl sites for hydroxylation is 1. The number of aliphatic hydroxyl groups excluding tert-OH is 1. The van der Waals surface area contributed by atoms with Gasteiger partial charge in [0.15, 0.2) is 5.69 Å². The van der Waals surface area contributed by atoms with Crippen LogP contribution in [0.5, 0.6) is 0 Å². The molecule has 8 heteroatoms. The summed E-state index contributed by atoms with van der Waals surface area (Å²) in [5.41, 5.74) is 4.56. The molecule has 0 aliphatic heterocycles. The summed E-state index contributed by atoms with van der Waals surface area (Å²) in [7, 11) is 0. The number of aromatic nitrogens is 1. The maximum absolute atomic E-state index is 12.7. The van der Waals surface area contributed by atoms with Crippen LogP contribution in [0.1, 0.15) is 15.6 Å². The minimum absolute atomic E-state index is 0.109. The molecule has 0 bridgehead atoms. The molecule has 18 heavy (non-hydrogen) atoms. The molecule has 0 saturated heterocycles. The van der Waals surface area contributed by atoms with Crippen molar-refractivity contribution in [1.29, 1.82) is 0 Å². The summed E-state index contributed by atoms with van der Waals surface area (Å²) in [6.07, 6.45) is -4.44. The number of halogens is 3. The van der Waals surface area contributed by atoms with E-state index >= 15 is 0 Å². The first-order valence-corrected chi connectivity index (χ1v) is 6.27. The van der Waals surface area contributed by atoms with Crippen molar-refractivity contribution in [2.24, 2.45) is 5.73 Å². The van der Waals surface area contributed by atoms with Crippen LogP contribution in [0.2, 0.25) is 0 Å². The fraction of sp³-hybridized carbons (Fsp3) is 0.700. The van der Waals surface area contributed by atoms with Gasteiger partial charge in [-0.15, -0.1) is 11.3 Å². The normalized spacial score (nSPS) is 12.4. The van der Waals surface area contributed by atoms with Crippen molar-refractivity contribution in [3.05, 3.63) is 15.6 Å². The van der Waals surface area contributed by atoms with Gasteiger partial charge in [0.05, 0.1) is 16.5 Å². The van der Waals surface area contributed by atoms with E-state index in [0.717, 1.165) is 11.3 Å². The highest BCUT2D eigenvalue weighted by molar-refractivity contribution is 7.11. The summed E-state index contributed by atoms with van der Waals surface area (Å²) in [5, 5.41) is 9.24. The predicted molar refractivity (Wildman–Crippen MR) is 63.3 cm³/mol. The number of aliphatic hydroxyl groups is 1. The minimum atomic E-state index is -4.44. The van der Waals surface area contributed by atoms with Gasteiger partial charge in [0.2, 0.25) is 0 Å². The van der Waals surface area contributed by atoms with Crippen molar-refractivity contribution in [1.82, 2.24) is 9.88 Å². The Labute approximate surface area is 107 Å². The van der Waals surface area contributed by atoms with Gasteiger partial charge in [0.1, 0.15) is 0 Å². The van der Waals surface area contributed by atoms with Crippen LogP contribution in [0.4, 0.5) is 13.2 Å². The molecule has 1 aromatic heterocycles. The highest BCUT2D eigenvalue weighted by Gasteiger charge is 2.37. The fourth-order valence-corrected chi connectivity index (χ4v) is 2.59. The van der Waals surface area contributed by atoms with Gasteiger partial charge in [-0.2, -0.15) is 13.2 Å². The van der Waals surface area contributed by atoms with Gasteiger partial charge in [0.25, 0.3) is 0 Å². The maximum Gasteiger partial charge on any atom is 0.434 e. The summed E-state index contributed by atoms with van der Waals surface area (Å²) in [6, 6.07) is 0. The molecule has 4 nitrogen and oxygen atoms in total. The number of alkyl halides is 3. The predicted octanol–water partition coefficient (Wildman–Crippen LogP) is 1.22. The van der Waals surface area contributed by atoms with Crippen molar-refractivity contribution >= 4 is 11.3 Å². The van der Waals surface area contributed by atoms with E-state index in [4.69, 9.17) is 10.8 Å². The van der Waals surface area contributed by atoms with Crippen molar-refractivity contribution in [2.45, 2.75) is 19.6 Å². The van der Waals surface area contributed by atoms with Gasteiger partial charge in [-0.05, 0) is 6.92 Å². The number of nitrogens with zero attached hydrogens (tertiary/aromatic N) is 2. The van der Waals surface area contributed by atoms with Crippen molar-refractivity contribution in [3.63, 3.8) is 0 Å². The molecule has 1 heterocycles. The average molecular weight is 283 g/mol. The van der Waals surface area contributed by atoms with E-state index in [-0.39, 0.29) is 18.0 Å². The quantitative estimate of drug-likeness (QED) is 0.824. The van der Waals surface area contributed by atoms with Crippen LogP contribution in [-0.4, -0.2) is 41.2 Å². The molecule has 104 valence electrons. The van der Waals surface area contributed by atoms with Gasteiger partial charge in [-0.3, -0.25) is 4.90 Å². The third-order valence-electron chi connectivity index (χ3n) is 2.30. The Balaban J connectivity index is 2.88. The van der Waals surface area contributed by atoms with Crippen LogP contribution in [0.25, 0.3) is 0 Å². The van der Waals surface area contributed by atoms with E-state index in [1.54, 1.807) is 11.8 Å². The Bertz CT molecular complexity index is 375. The number of thiazole rings is 1. The molecule has 0 spiro atoms. The van der Waals surface area contributed by atoms with Crippen molar-refractivity contribution in [2.75, 3.05) is 26.2 Å². The number of hydrogen-bond donors (Lipinski definition) is 2. The molecule has 0 atom stereocenters. The summed E-state index contributed by atoms with van der Waals surface area (Å²) in [4.78, 5) is 5.38. The lowest BCUT2D eigenvalue weighted by Gasteiger charge is -2.20. The topological polar surface area (TPSA) is 62.4 Å². The van der Waals surface area contributed by atoms with Gasteiger partial charge in [-0.1, -0.05) is 0 Å². The SMILES string of the molecule is Cc1nc(C(F)(F)F)c(CN(CCN)CCO)s1. The lowest BCUT2D eigenvalue weighted by molar-refractivity contribution is -0.141. The molecule has 0 fully saturated rings. The monoisotopic (exact) mass is 283 g/mol. The molecule has 0 aromatic carbocycles. The van der Waals surface area contributed by atoms with Crippen LogP contribution >= 0.6 is 11.3 Å². The second-order valence-electron chi connectivity index (χ2n) is 3.79. The molecule has 3 N–H and O–H groups in total. The average Bonchev–Trinajstić information content (AvgIpc) is 2.60. The molecule has 0 radical (unpaired) electrons. The Morgan fingerprint density at radius 1 is 1.39 bits per heavy atom. The molecule has 0 amide bonds.